The third kappa shape index (κ3) is 4.20. The summed E-state index contributed by atoms with van der Waals surface area (Å²) in [6.07, 6.45) is -2.64. The number of carbonyl (C=O) groups is 1. The fourth-order valence-electron chi connectivity index (χ4n) is 3.13. The molecule has 8 heteroatoms. The topological polar surface area (TPSA) is 35.5 Å². The fourth-order valence-corrected chi connectivity index (χ4v) is 3.92. The maximum absolute atomic E-state index is 13.1. The van der Waals surface area contributed by atoms with Crippen LogP contribution in [0.4, 0.5) is 13.2 Å². The van der Waals surface area contributed by atoms with Gasteiger partial charge in [0.2, 0.25) is 0 Å². The van der Waals surface area contributed by atoms with Crippen LogP contribution in [0.3, 0.4) is 0 Å². The quantitative estimate of drug-likeness (QED) is 0.483. The first kappa shape index (κ1) is 20.7. The Kier molecular flexibility index (Phi) is 5.77. The van der Waals surface area contributed by atoms with Crippen molar-refractivity contribution >= 4 is 38.9 Å². The Morgan fingerprint density at radius 1 is 1.21 bits per heavy atom. The first-order chi connectivity index (χ1) is 13.1. The molecule has 0 spiro atoms. The molecular formula is C20H15BrClF3O3. The van der Waals surface area contributed by atoms with Crippen LogP contribution in [0.1, 0.15) is 27.1 Å². The lowest BCUT2D eigenvalue weighted by Crippen LogP contribution is -2.18. The predicted molar refractivity (Wildman–Crippen MR) is 104 cm³/mol. The van der Waals surface area contributed by atoms with Gasteiger partial charge >= 0.3 is 6.36 Å². The summed E-state index contributed by atoms with van der Waals surface area (Å²) in [5.74, 6) is -0.172. The first-order valence-corrected chi connectivity index (χ1v) is 9.51. The van der Waals surface area contributed by atoms with E-state index in [1.807, 2.05) is 0 Å². The van der Waals surface area contributed by atoms with Gasteiger partial charge in [-0.1, -0.05) is 45.7 Å². The lowest BCUT2D eigenvalue weighted by Gasteiger charge is -2.17. The molecule has 148 valence electrons. The predicted octanol–water partition coefficient (Wildman–Crippen LogP) is 6.20. The standard InChI is InChI=1S/C20H15BrClF3O3/c1-10-7-11-3-5-13(15(11)9-16(10)28-20(23,24)25)19(26)18(21)14-6-4-12(22)8-17(14)27-2/h4-9,18H,3H2,1-2H3. The summed E-state index contributed by atoms with van der Waals surface area (Å²) < 4.78 is 47.4. The van der Waals surface area contributed by atoms with Gasteiger partial charge in [-0.25, -0.2) is 0 Å². The van der Waals surface area contributed by atoms with Crippen molar-refractivity contribution in [3.8, 4) is 11.5 Å². The van der Waals surface area contributed by atoms with Crippen LogP contribution in [0.15, 0.2) is 36.4 Å². The van der Waals surface area contributed by atoms with Crippen LogP contribution in [0.2, 0.25) is 5.02 Å². The van der Waals surface area contributed by atoms with Gasteiger partial charge < -0.3 is 9.47 Å². The molecular weight excluding hydrogens is 461 g/mol. The number of ether oxygens (including phenoxy) is 2. The highest BCUT2D eigenvalue weighted by Gasteiger charge is 2.34. The number of alkyl halides is 4. The average Bonchev–Trinajstić information content (AvgIpc) is 3.02. The molecule has 2 aromatic rings. The molecule has 0 fully saturated rings. The molecule has 28 heavy (non-hydrogen) atoms. The molecule has 1 unspecified atom stereocenters. The molecule has 1 aliphatic carbocycles. The SMILES string of the molecule is COc1cc(Cl)ccc1C(Br)C(=O)C1=CCc2cc(C)c(OC(F)(F)F)cc21. The summed E-state index contributed by atoms with van der Waals surface area (Å²) >= 11 is 9.35. The van der Waals surface area contributed by atoms with Gasteiger partial charge in [0.15, 0.2) is 5.78 Å². The van der Waals surface area contributed by atoms with Crippen LogP contribution in [-0.4, -0.2) is 19.3 Å². The number of methoxy groups -OCH3 is 1. The largest absolute Gasteiger partial charge is 0.573 e. The summed E-state index contributed by atoms with van der Waals surface area (Å²) in [5, 5.41) is 0.461. The maximum Gasteiger partial charge on any atom is 0.573 e. The van der Waals surface area contributed by atoms with E-state index in [0.717, 1.165) is 5.56 Å². The lowest BCUT2D eigenvalue weighted by atomic mass is 9.96. The van der Waals surface area contributed by atoms with Gasteiger partial charge in [-0.2, -0.15) is 0 Å². The third-order valence-corrected chi connectivity index (χ3v) is 5.55. The molecule has 0 N–H and O–H groups in total. The zero-order valence-corrected chi connectivity index (χ0v) is 17.2. The zero-order valence-electron chi connectivity index (χ0n) is 14.9. The van der Waals surface area contributed by atoms with E-state index in [0.29, 0.717) is 39.5 Å². The van der Waals surface area contributed by atoms with E-state index in [1.54, 1.807) is 30.3 Å². The maximum atomic E-state index is 13.1. The molecule has 3 rings (SSSR count). The van der Waals surface area contributed by atoms with Gasteiger partial charge in [-0.3, -0.25) is 4.79 Å². The normalized spacial score (nSPS) is 14.3. The van der Waals surface area contributed by atoms with Gasteiger partial charge in [0.1, 0.15) is 16.3 Å². The number of Topliss-reactive ketones (excluding diaryl/α,β-unsaturated/α-hetero) is 1. The molecule has 0 heterocycles. The van der Waals surface area contributed by atoms with Crippen LogP contribution < -0.4 is 9.47 Å². The number of ketones is 1. The van der Waals surface area contributed by atoms with Crippen molar-refractivity contribution in [1.82, 2.24) is 0 Å². The Balaban J connectivity index is 1.95. The highest BCUT2D eigenvalue weighted by atomic mass is 79.9. The molecule has 1 atom stereocenters. The van der Waals surface area contributed by atoms with Crippen LogP contribution in [0, 0.1) is 6.92 Å². The van der Waals surface area contributed by atoms with Crippen LogP contribution >= 0.6 is 27.5 Å². The second kappa shape index (κ2) is 7.79. The highest BCUT2D eigenvalue weighted by molar-refractivity contribution is 9.09. The summed E-state index contributed by atoms with van der Waals surface area (Å²) in [7, 11) is 1.47. The Morgan fingerprint density at radius 3 is 2.57 bits per heavy atom. The van der Waals surface area contributed by atoms with Crippen LogP contribution in [0.5, 0.6) is 11.5 Å². The zero-order chi connectivity index (χ0) is 20.6. The number of carbonyl (C=O) groups excluding carboxylic acids is 1. The number of allylic oxidation sites excluding steroid dienone is 2. The molecule has 0 aromatic heterocycles. The van der Waals surface area contributed by atoms with E-state index in [9.17, 15) is 18.0 Å². The summed E-state index contributed by atoms with van der Waals surface area (Å²) in [6, 6.07) is 7.78. The van der Waals surface area contributed by atoms with Gasteiger partial charge in [0, 0.05) is 16.2 Å². The molecule has 1 aliphatic rings. The number of hydrogen-bond acceptors (Lipinski definition) is 3. The van der Waals surface area contributed by atoms with Crippen molar-refractivity contribution in [2.75, 3.05) is 7.11 Å². The van der Waals surface area contributed by atoms with E-state index in [-0.39, 0.29) is 11.5 Å². The number of hydrogen-bond donors (Lipinski definition) is 0. The third-order valence-electron chi connectivity index (χ3n) is 4.41. The van der Waals surface area contributed by atoms with E-state index in [1.165, 1.54) is 20.1 Å². The Hall–Kier alpha value is -1.99. The number of benzene rings is 2. The minimum atomic E-state index is -4.81. The van der Waals surface area contributed by atoms with E-state index in [2.05, 4.69) is 20.7 Å². The van der Waals surface area contributed by atoms with Crippen molar-refractivity contribution in [1.29, 1.82) is 0 Å². The second-order valence-electron chi connectivity index (χ2n) is 6.26. The van der Waals surface area contributed by atoms with Gasteiger partial charge in [0.25, 0.3) is 0 Å². The Morgan fingerprint density at radius 2 is 1.93 bits per heavy atom. The van der Waals surface area contributed by atoms with Crippen molar-refractivity contribution in [2.45, 2.75) is 24.5 Å². The number of aryl methyl sites for hydroxylation is 1. The second-order valence-corrected chi connectivity index (χ2v) is 7.61. The number of fused-ring (bicyclic) bond motifs is 1. The molecule has 0 aliphatic heterocycles. The molecule has 0 radical (unpaired) electrons. The van der Waals surface area contributed by atoms with Gasteiger partial charge in [0.05, 0.1) is 7.11 Å². The summed E-state index contributed by atoms with van der Waals surface area (Å²) in [5.41, 5.74) is 2.48. The highest BCUT2D eigenvalue weighted by Crippen LogP contribution is 2.41. The fraction of sp³-hybridized carbons (Fsp3) is 0.250. The molecule has 2 aromatic carbocycles. The monoisotopic (exact) mass is 474 g/mol. The molecule has 0 saturated heterocycles. The smallest absolute Gasteiger partial charge is 0.496 e. The lowest BCUT2D eigenvalue weighted by molar-refractivity contribution is -0.274. The van der Waals surface area contributed by atoms with Crippen LogP contribution in [-0.2, 0) is 11.2 Å². The van der Waals surface area contributed by atoms with E-state index < -0.39 is 11.2 Å². The van der Waals surface area contributed by atoms with Gasteiger partial charge in [-0.15, -0.1) is 13.2 Å². The molecule has 0 amide bonds. The molecule has 3 nitrogen and oxygen atoms in total. The minimum absolute atomic E-state index is 0.291. The number of halogens is 5. The number of rotatable bonds is 5. The summed E-state index contributed by atoms with van der Waals surface area (Å²) in [6.45, 7) is 1.53. The van der Waals surface area contributed by atoms with Crippen molar-refractivity contribution in [3.63, 3.8) is 0 Å². The van der Waals surface area contributed by atoms with Crippen molar-refractivity contribution in [3.05, 3.63) is 63.7 Å². The first-order valence-electron chi connectivity index (χ1n) is 8.22. The molecule has 0 saturated carbocycles. The average molecular weight is 476 g/mol. The Bertz CT molecular complexity index is 970. The van der Waals surface area contributed by atoms with Crippen molar-refractivity contribution in [2.24, 2.45) is 0 Å². The van der Waals surface area contributed by atoms with E-state index >= 15 is 0 Å². The van der Waals surface area contributed by atoms with E-state index in [4.69, 9.17) is 16.3 Å². The van der Waals surface area contributed by atoms with Crippen LogP contribution in [0.25, 0.3) is 5.57 Å². The minimum Gasteiger partial charge on any atom is -0.496 e. The van der Waals surface area contributed by atoms with Gasteiger partial charge in [-0.05, 0) is 48.2 Å². The van der Waals surface area contributed by atoms with Crippen molar-refractivity contribution < 1.29 is 27.4 Å². The summed E-state index contributed by atoms with van der Waals surface area (Å²) in [4.78, 5) is 12.3. The molecule has 0 bridgehead atoms. The Labute approximate surface area is 173 Å².